The van der Waals surface area contributed by atoms with Crippen LogP contribution in [0.4, 0.5) is 23.7 Å². The first kappa shape index (κ1) is 29.9. The quantitative estimate of drug-likeness (QED) is 0.375. The van der Waals surface area contributed by atoms with Crippen molar-refractivity contribution in [3.63, 3.8) is 0 Å². The van der Waals surface area contributed by atoms with Crippen LogP contribution in [0, 0.1) is 0 Å². The third-order valence-corrected chi connectivity index (χ3v) is 5.87. The zero-order valence-corrected chi connectivity index (χ0v) is 22.2. The van der Waals surface area contributed by atoms with E-state index in [0.29, 0.717) is 13.1 Å². The van der Waals surface area contributed by atoms with Gasteiger partial charge in [-0.05, 0) is 68.1 Å². The van der Waals surface area contributed by atoms with Crippen molar-refractivity contribution < 1.29 is 34.3 Å². The Labute approximate surface area is 227 Å². The smallest absolute Gasteiger partial charge is 0.417 e. The van der Waals surface area contributed by atoms with E-state index in [9.17, 15) is 28.2 Å². The third kappa shape index (κ3) is 9.26. The molecule has 212 valence electrons. The molecule has 39 heavy (non-hydrogen) atoms. The van der Waals surface area contributed by atoms with E-state index in [0.717, 1.165) is 53.2 Å². The predicted molar refractivity (Wildman–Crippen MR) is 145 cm³/mol. The van der Waals surface area contributed by atoms with Crippen molar-refractivity contribution in [1.29, 1.82) is 0 Å². The highest BCUT2D eigenvalue weighted by Crippen LogP contribution is 2.30. The molecule has 0 unspecified atom stereocenters. The van der Waals surface area contributed by atoms with Gasteiger partial charge in [-0.2, -0.15) is 13.2 Å². The average molecular weight is 548 g/mol. The Kier molecular flexibility index (Phi) is 9.93. The van der Waals surface area contributed by atoms with E-state index in [1.165, 1.54) is 12.3 Å². The number of alkyl halides is 3. The number of benzene rings is 2. The number of β-amino-alcohol motifs (C(OH)–C–C–N with tert-alkyl or cyclic N) is 1. The lowest BCUT2D eigenvalue weighted by atomic mass is 10.0. The summed E-state index contributed by atoms with van der Waals surface area (Å²) in [6, 6.07) is 16.2. The minimum atomic E-state index is -4.27. The Morgan fingerprint density at radius 3 is 2.33 bits per heavy atom. The second-order valence-corrected chi connectivity index (χ2v) is 10.2. The number of nitrogens with one attached hydrogen (secondary N) is 1. The summed E-state index contributed by atoms with van der Waals surface area (Å²) in [4.78, 5) is 17.2. The summed E-state index contributed by atoms with van der Waals surface area (Å²) in [6.45, 7) is 7.25. The van der Waals surface area contributed by atoms with Crippen LogP contribution in [0.1, 0.15) is 45.3 Å². The molecule has 1 amide bonds. The minimum Gasteiger partial charge on any atom is -0.444 e. The number of pyridine rings is 1. The molecule has 0 spiro atoms. The maximum Gasteiger partial charge on any atom is 0.417 e. The van der Waals surface area contributed by atoms with Gasteiger partial charge in [0.1, 0.15) is 5.60 Å². The molecule has 0 aliphatic carbocycles. The fourth-order valence-corrected chi connectivity index (χ4v) is 3.99. The number of alkyl carbamates (subject to hydrolysis) is 1. The van der Waals surface area contributed by atoms with Crippen LogP contribution in [0.5, 0.6) is 0 Å². The number of ether oxygens (including phenoxy) is 1. The van der Waals surface area contributed by atoms with Crippen molar-refractivity contribution in [3.8, 4) is 11.1 Å². The number of halogens is 3. The third-order valence-electron chi connectivity index (χ3n) is 5.87. The number of carbonyl (C=O) groups is 1. The maximum atomic E-state index is 11.8. The van der Waals surface area contributed by atoms with E-state index in [1.54, 1.807) is 0 Å². The molecule has 2 aromatic carbocycles. The summed E-state index contributed by atoms with van der Waals surface area (Å²) in [7, 11) is 0. The SMILES string of the molecule is CC(C)(C)OC(=O)NCc1ccc(-c2ccc(N3CC[C@H](O)C3)c(CO)c2)cc1.FC(F)(F)c1cccnc1.[HH]. The largest absolute Gasteiger partial charge is 0.444 e. The molecular weight excluding hydrogens is 511 g/mol. The molecule has 0 radical (unpaired) electrons. The summed E-state index contributed by atoms with van der Waals surface area (Å²) in [6.07, 6.45) is -2.16. The normalized spacial score (nSPS) is 15.4. The van der Waals surface area contributed by atoms with Crippen LogP contribution in [-0.2, 0) is 24.1 Å². The van der Waals surface area contributed by atoms with Crippen LogP contribution >= 0.6 is 0 Å². The zero-order valence-electron chi connectivity index (χ0n) is 22.2. The number of amides is 1. The predicted octanol–water partition coefficient (Wildman–Crippen LogP) is 5.79. The molecule has 3 N–H and O–H groups in total. The molecule has 3 aromatic rings. The van der Waals surface area contributed by atoms with E-state index in [2.05, 4.69) is 15.2 Å². The standard InChI is InChI=1S/C23H30N2O4.C6H4F3N.H2/c1-23(2,3)29-22(28)24-13-16-4-6-17(7-5-16)18-8-9-21(19(12-18)15-26)25-11-10-20(27)14-25;7-6(8,9)5-2-1-3-10-4-5;/h4-9,12,20,26-27H,10-11,13-15H2,1-3H3,(H,24,28);1-4H;1H/t20-;;/m0../s1. The average Bonchev–Trinajstić information content (AvgIpc) is 3.33. The number of hydrogen-bond donors (Lipinski definition) is 3. The summed E-state index contributed by atoms with van der Waals surface area (Å²) >= 11 is 0. The van der Waals surface area contributed by atoms with Gasteiger partial charge in [0.15, 0.2) is 0 Å². The molecular formula is C29H36F3N3O4. The van der Waals surface area contributed by atoms with Crippen molar-refractivity contribution in [3.05, 3.63) is 83.7 Å². The van der Waals surface area contributed by atoms with Crippen LogP contribution in [-0.4, -0.2) is 46.1 Å². The highest BCUT2D eigenvalue weighted by Gasteiger charge is 2.30. The molecule has 1 aromatic heterocycles. The molecule has 7 nitrogen and oxygen atoms in total. The number of carbonyl (C=O) groups excluding carboxylic acids is 1. The van der Waals surface area contributed by atoms with E-state index in [4.69, 9.17) is 4.74 Å². The van der Waals surface area contributed by atoms with Crippen LogP contribution < -0.4 is 10.2 Å². The van der Waals surface area contributed by atoms with E-state index in [-0.39, 0.29) is 14.1 Å². The Balaban J connectivity index is 0.000000431. The van der Waals surface area contributed by atoms with E-state index < -0.39 is 23.4 Å². The first-order valence-electron chi connectivity index (χ1n) is 12.6. The van der Waals surface area contributed by atoms with Crippen molar-refractivity contribution in [2.75, 3.05) is 18.0 Å². The van der Waals surface area contributed by atoms with Crippen molar-refractivity contribution >= 4 is 11.8 Å². The number of hydrogen-bond acceptors (Lipinski definition) is 6. The molecule has 4 rings (SSSR count). The summed E-state index contributed by atoms with van der Waals surface area (Å²) in [5, 5.41) is 22.4. The summed E-state index contributed by atoms with van der Waals surface area (Å²) in [5.74, 6) is 0. The van der Waals surface area contributed by atoms with Crippen LogP contribution in [0.25, 0.3) is 11.1 Å². The van der Waals surface area contributed by atoms with Gasteiger partial charge >= 0.3 is 12.3 Å². The molecule has 10 heteroatoms. The molecule has 2 heterocycles. The Morgan fingerprint density at radius 1 is 1.13 bits per heavy atom. The molecule has 1 aliphatic heterocycles. The van der Waals surface area contributed by atoms with Gasteiger partial charge < -0.3 is 25.2 Å². The number of anilines is 1. The van der Waals surface area contributed by atoms with Crippen molar-refractivity contribution in [2.24, 2.45) is 0 Å². The van der Waals surface area contributed by atoms with Gasteiger partial charge in [-0.15, -0.1) is 0 Å². The lowest BCUT2D eigenvalue weighted by Crippen LogP contribution is -2.32. The molecule has 0 bridgehead atoms. The zero-order chi connectivity index (χ0) is 28.6. The van der Waals surface area contributed by atoms with Gasteiger partial charge in [-0.3, -0.25) is 4.98 Å². The monoisotopic (exact) mass is 547 g/mol. The lowest BCUT2D eigenvalue weighted by molar-refractivity contribution is -0.137. The highest BCUT2D eigenvalue weighted by atomic mass is 19.4. The van der Waals surface area contributed by atoms with Gasteiger partial charge in [-0.1, -0.05) is 30.3 Å². The number of aliphatic hydroxyl groups is 2. The molecule has 1 aliphatic rings. The van der Waals surface area contributed by atoms with Gasteiger partial charge in [0.25, 0.3) is 0 Å². The molecule has 1 saturated heterocycles. The molecule has 1 fully saturated rings. The fourth-order valence-electron chi connectivity index (χ4n) is 3.99. The van der Waals surface area contributed by atoms with Gasteiger partial charge in [0.05, 0.1) is 18.3 Å². The highest BCUT2D eigenvalue weighted by molar-refractivity contribution is 5.70. The molecule has 1 atom stereocenters. The number of nitrogens with zero attached hydrogens (tertiary/aromatic N) is 2. The topological polar surface area (TPSA) is 94.9 Å². The first-order valence-corrected chi connectivity index (χ1v) is 12.6. The van der Waals surface area contributed by atoms with Gasteiger partial charge in [0.2, 0.25) is 0 Å². The van der Waals surface area contributed by atoms with E-state index >= 15 is 0 Å². The van der Waals surface area contributed by atoms with Gasteiger partial charge in [0, 0.05) is 44.7 Å². The molecule has 0 saturated carbocycles. The number of aromatic nitrogens is 1. The summed E-state index contributed by atoms with van der Waals surface area (Å²) in [5.41, 5.74) is 3.63. The Morgan fingerprint density at radius 2 is 1.82 bits per heavy atom. The number of aliphatic hydroxyl groups excluding tert-OH is 2. The van der Waals surface area contributed by atoms with Crippen LogP contribution in [0.2, 0.25) is 0 Å². The lowest BCUT2D eigenvalue weighted by Gasteiger charge is -2.21. The second kappa shape index (κ2) is 12.9. The fraction of sp³-hybridized carbons (Fsp3) is 0.379. The number of rotatable bonds is 5. The van der Waals surface area contributed by atoms with E-state index in [1.807, 2.05) is 63.2 Å². The maximum absolute atomic E-state index is 11.8. The Hall–Kier alpha value is -3.63. The minimum absolute atomic E-state index is 0. The van der Waals surface area contributed by atoms with Crippen molar-refractivity contribution in [2.45, 2.75) is 58.2 Å². The first-order chi connectivity index (χ1) is 18.4. The van der Waals surface area contributed by atoms with Gasteiger partial charge in [-0.25, -0.2) is 4.79 Å². The van der Waals surface area contributed by atoms with Crippen molar-refractivity contribution in [1.82, 2.24) is 10.3 Å². The summed E-state index contributed by atoms with van der Waals surface area (Å²) < 4.78 is 40.5. The Bertz CT molecular complexity index is 1220. The van der Waals surface area contributed by atoms with Crippen LogP contribution in [0.15, 0.2) is 67.0 Å². The van der Waals surface area contributed by atoms with Crippen LogP contribution in [0.3, 0.4) is 0 Å². The second-order valence-electron chi connectivity index (χ2n) is 10.2.